The maximum Gasteiger partial charge on any atom is 0.321 e. The summed E-state index contributed by atoms with van der Waals surface area (Å²) >= 11 is 0. The normalized spacial score (nSPS) is 10.8. The largest absolute Gasteiger partial charge is 0.461 e. The molecule has 4 nitrogen and oxygen atoms in total. The zero-order valence-electron chi connectivity index (χ0n) is 10.4. The fourth-order valence-electron chi connectivity index (χ4n) is 1.21. The zero-order chi connectivity index (χ0) is 13.6. The molecule has 1 aromatic carbocycles. The summed E-state index contributed by atoms with van der Waals surface area (Å²) in [5.74, 6) is -1.37. The van der Waals surface area contributed by atoms with Gasteiger partial charge in [-0.25, -0.2) is 8.42 Å². The number of sulfone groups is 1. The quantitative estimate of drug-likeness (QED) is 0.605. The van der Waals surface area contributed by atoms with Gasteiger partial charge in [0.15, 0.2) is 15.6 Å². The van der Waals surface area contributed by atoms with Crippen LogP contribution in [0.25, 0.3) is 0 Å². The third kappa shape index (κ3) is 4.71. The Kier molecular flexibility index (Phi) is 5.09. The fraction of sp³-hybridized carbons (Fsp3) is 0.308. The second-order valence-corrected chi connectivity index (χ2v) is 6.03. The summed E-state index contributed by atoms with van der Waals surface area (Å²) in [4.78, 5) is 11.5. The van der Waals surface area contributed by atoms with Gasteiger partial charge in [-0.2, -0.15) is 0 Å². The number of ether oxygens (including phenoxy) is 1. The Bertz CT molecular complexity index is 525. The van der Waals surface area contributed by atoms with Crippen LogP contribution < -0.4 is 0 Å². The standard InChI is InChI=1S/C13H16O4S/c1-11(2)8-9-17-13(14)10-18(15,16)12-6-4-3-5-7-12/h3-8H,9-10H2,1-2H3. The molecule has 0 aliphatic carbocycles. The molecule has 1 aromatic rings. The lowest BCUT2D eigenvalue weighted by molar-refractivity contribution is -0.139. The Balaban J connectivity index is 2.62. The van der Waals surface area contributed by atoms with Crippen molar-refractivity contribution in [2.75, 3.05) is 12.4 Å². The summed E-state index contributed by atoms with van der Waals surface area (Å²) in [6, 6.07) is 7.85. The van der Waals surface area contributed by atoms with Gasteiger partial charge in [0, 0.05) is 0 Å². The number of hydrogen-bond acceptors (Lipinski definition) is 4. The summed E-state index contributed by atoms with van der Waals surface area (Å²) in [6.45, 7) is 3.84. The molecule has 0 aromatic heterocycles. The van der Waals surface area contributed by atoms with Gasteiger partial charge in [0.05, 0.1) is 4.90 Å². The zero-order valence-corrected chi connectivity index (χ0v) is 11.2. The monoisotopic (exact) mass is 268 g/mol. The number of hydrogen-bond donors (Lipinski definition) is 0. The van der Waals surface area contributed by atoms with E-state index in [9.17, 15) is 13.2 Å². The molecule has 18 heavy (non-hydrogen) atoms. The van der Waals surface area contributed by atoms with Crippen molar-refractivity contribution in [1.82, 2.24) is 0 Å². The van der Waals surface area contributed by atoms with Gasteiger partial charge >= 0.3 is 5.97 Å². The van der Waals surface area contributed by atoms with E-state index < -0.39 is 21.6 Å². The first-order valence-corrected chi connectivity index (χ1v) is 7.14. The average Bonchev–Trinajstić information content (AvgIpc) is 2.29. The molecule has 0 saturated carbocycles. The van der Waals surface area contributed by atoms with Gasteiger partial charge < -0.3 is 4.74 Å². The number of carbonyl (C=O) groups excluding carboxylic acids is 1. The molecule has 0 fully saturated rings. The molecule has 0 radical (unpaired) electrons. The molecule has 0 saturated heterocycles. The van der Waals surface area contributed by atoms with Crippen molar-refractivity contribution in [2.24, 2.45) is 0 Å². The molecule has 0 heterocycles. The third-order valence-electron chi connectivity index (χ3n) is 2.15. The summed E-state index contributed by atoms with van der Waals surface area (Å²) in [5, 5.41) is 0. The van der Waals surface area contributed by atoms with Gasteiger partial charge in [-0.05, 0) is 32.1 Å². The lowest BCUT2D eigenvalue weighted by atomic mass is 10.3. The van der Waals surface area contributed by atoms with Gasteiger partial charge in [-0.15, -0.1) is 0 Å². The smallest absolute Gasteiger partial charge is 0.321 e. The minimum Gasteiger partial charge on any atom is -0.461 e. The van der Waals surface area contributed by atoms with Crippen molar-refractivity contribution < 1.29 is 17.9 Å². The average molecular weight is 268 g/mol. The van der Waals surface area contributed by atoms with Gasteiger partial charge in [0.25, 0.3) is 0 Å². The molecule has 0 aliphatic rings. The molecule has 0 bridgehead atoms. The molecule has 98 valence electrons. The highest BCUT2D eigenvalue weighted by Crippen LogP contribution is 2.10. The van der Waals surface area contributed by atoms with Gasteiger partial charge in [-0.3, -0.25) is 4.79 Å². The van der Waals surface area contributed by atoms with E-state index in [-0.39, 0.29) is 11.5 Å². The molecule has 0 spiro atoms. The van der Waals surface area contributed by atoms with Crippen molar-refractivity contribution in [1.29, 1.82) is 0 Å². The minimum atomic E-state index is -3.61. The second kappa shape index (κ2) is 6.35. The Morgan fingerprint density at radius 2 is 1.83 bits per heavy atom. The summed E-state index contributed by atoms with van der Waals surface area (Å²) in [6.07, 6.45) is 1.72. The minimum absolute atomic E-state index is 0.103. The third-order valence-corrected chi connectivity index (χ3v) is 3.75. The van der Waals surface area contributed by atoms with Crippen LogP contribution in [0.2, 0.25) is 0 Å². The number of carbonyl (C=O) groups is 1. The van der Waals surface area contributed by atoms with Crippen molar-refractivity contribution >= 4 is 15.8 Å². The molecule has 0 aliphatic heterocycles. The summed E-state index contributed by atoms with van der Waals surface area (Å²) in [5.41, 5.74) is 1.01. The Labute approximate surface area is 107 Å². The van der Waals surface area contributed by atoms with E-state index in [1.54, 1.807) is 24.3 Å². The molecule has 0 atom stereocenters. The topological polar surface area (TPSA) is 60.4 Å². The van der Waals surface area contributed by atoms with Crippen molar-refractivity contribution in [3.63, 3.8) is 0 Å². The molecule has 0 unspecified atom stereocenters. The maximum absolute atomic E-state index is 11.8. The Morgan fingerprint density at radius 3 is 2.39 bits per heavy atom. The Hall–Kier alpha value is -1.62. The first-order valence-electron chi connectivity index (χ1n) is 5.48. The first kappa shape index (κ1) is 14.4. The number of esters is 1. The molecule has 1 rings (SSSR count). The lowest BCUT2D eigenvalue weighted by Crippen LogP contribution is -2.18. The van der Waals surface area contributed by atoms with Crippen molar-refractivity contribution in [2.45, 2.75) is 18.7 Å². The summed E-state index contributed by atoms with van der Waals surface area (Å²) < 4.78 is 28.5. The van der Waals surface area contributed by atoms with E-state index in [0.717, 1.165) is 5.57 Å². The number of allylic oxidation sites excluding steroid dienone is 1. The van der Waals surface area contributed by atoms with Gasteiger partial charge in [0.2, 0.25) is 0 Å². The van der Waals surface area contributed by atoms with E-state index in [0.29, 0.717) is 0 Å². The second-order valence-electron chi connectivity index (χ2n) is 4.04. The van der Waals surface area contributed by atoms with Gasteiger partial charge in [-0.1, -0.05) is 23.8 Å². The van der Waals surface area contributed by atoms with E-state index in [2.05, 4.69) is 0 Å². The fourth-order valence-corrected chi connectivity index (χ4v) is 2.34. The lowest BCUT2D eigenvalue weighted by Gasteiger charge is -2.04. The number of rotatable bonds is 5. The van der Waals surface area contributed by atoms with Crippen LogP contribution in [-0.2, 0) is 19.4 Å². The predicted octanol–water partition coefficient (Wildman–Crippen LogP) is 1.97. The molecular weight excluding hydrogens is 252 g/mol. The number of benzene rings is 1. The highest BCUT2D eigenvalue weighted by molar-refractivity contribution is 7.92. The van der Waals surface area contributed by atoms with E-state index in [1.807, 2.05) is 13.8 Å². The molecule has 0 amide bonds. The van der Waals surface area contributed by atoms with Crippen LogP contribution in [-0.4, -0.2) is 26.7 Å². The first-order chi connectivity index (χ1) is 8.42. The van der Waals surface area contributed by atoms with Crippen LogP contribution in [0.5, 0.6) is 0 Å². The van der Waals surface area contributed by atoms with Crippen LogP contribution in [0.3, 0.4) is 0 Å². The van der Waals surface area contributed by atoms with E-state index in [1.165, 1.54) is 12.1 Å². The van der Waals surface area contributed by atoms with E-state index in [4.69, 9.17) is 4.74 Å². The van der Waals surface area contributed by atoms with Crippen LogP contribution in [0, 0.1) is 0 Å². The molecule has 5 heteroatoms. The van der Waals surface area contributed by atoms with Crippen LogP contribution in [0.1, 0.15) is 13.8 Å². The van der Waals surface area contributed by atoms with Crippen LogP contribution in [0.15, 0.2) is 46.9 Å². The van der Waals surface area contributed by atoms with Crippen LogP contribution in [0.4, 0.5) is 0 Å². The summed E-state index contributed by atoms with van der Waals surface area (Å²) in [7, 11) is -3.61. The Morgan fingerprint density at radius 1 is 1.22 bits per heavy atom. The van der Waals surface area contributed by atoms with Crippen LogP contribution >= 0.6 is 0 Å². The highest BCUT2D eigenvalue weighted by Gasteiger charge is 2.19. The predicted molar refractivity (Wildman–Crippen MR) is 68.9 cm³/mol. The SMILES string of the molecule is CC(C)=CCOC(=O)CS(=O)(=O)c1ccccc1. The van der Waals surface area contributed by atoms with Crippen molar-refractivity contribution in [3.8, 4) is 0 Å². The van der Waals surface area contributed by atoms with Crippen molar-refractivity contribution in [3.05, 3.63) is 42.0 Å². The maximum atomic E-state index is 11.8. The molecular formula is C13H16O4S. The molecule has 0 N–H and O–H groups in total. The highest BCUT2D eigenvalue weighted by atomic mass is 32.2. The van der Waals surface area contributed by atoms with E-state index >= 15 is 0 Å². The van der Waals surface area contributed by atoms with Gasteiger partial charge in [0.1, 0.15) is 6.61 Å².